The predicted molar refractivity (Wildman–Crippen MR) is 84.2 cm³/mol. The number of esters is 1. The van der Waals surface area contributed by atoms with Gasteiger partial charge in [0, 0.05) is 11.8 Å². The van der Waals surface area contributed by atoms with Crippen molar-refractivity contribution in [2.75, 3.05) is 0 Å². The van der Waals surface area contributed by atoms with Crippen molar-refractivity contribution < 1.29 is 9.53 Å². The normalized spacial score (nSPS) is 45.5. The van der Waals surface area contributed by atoms with Crippen LogP contribution in [-0.2, 0) is 4.74 Å². The minimum absolute atomic E-state index is 0.153. The van der Waals surface area contributed by atoms with Crippen LogP contribution in [0.2, 0.25) is 0 Å². The topological polar surface area (TPSA) is 26.3 Å². The molecular weight excluding hydrogens is 272 g/mol. The van der Waals surface area contributed by atoms with Gasteiger partial charge in [0.2, 0.25) is 0 Å². The van der Waals surface area contributed by atoms with E-state index in [1.54, 1.807) is 0 Å². The third kappa shape index (κ3) is 1.35. The summed E-state index contributed by atoms with van der Waals surface area (Å²) in [6, 6.07) is 9.43. The molecule has 2 bridgehead atoms. The number of carbonyl (C=O) groups excluding carboxylic acids is 1. The molecule has 0 aliphatic heterocycles. The number of hydrogen-bond donors (Lipinski definition) is 0. The van der Waals surface area contributed by atoms with Crippen molar-refractivity contribution in [3.05, 3.63) is 48.0 Å². The zero-order valence-electron chi connectivity index (χ0n) is 13.2. The van der Waals surface area contributed by atoms with Crippen LogP contribution >= 0.6 is 0 Å². The highest BCUT2D eigenvalue weighted by Gasteiger charge is 2.79. The zero-order valence-corrected chi connectivity index (χ0v) is 13.2. The molecule has 3 saturated carbocycles. The molecule has 1 aromatic rings. The smallest absolute Gasteiger partial charge is 0.339 e. The molecule has 22 heavy (non-hydrogen) atoms. The first-order valence-corrected chi connectivity index (χ1v) is 8.52. The summed E-state index contributed by atoms with van der Waals surface area (Å²) >= 11 is 0. The van der Waals surface area contributed by atoms with Crippen molar-refractivity contribution in [3.63, 3.8) is 0 Å². The Kier molecular flexibility index (Phi) is 2.26. The molecule has 0 unspecified atom stereocenters. The number of rotatable bonds is 2. The molecule has 0 heterocycles. The van der Waals surface area contributed by atoms with E-state index in [9.17, 15) is 4.79 Å². The van der Waals surface area contributed by atoms with E-state index in [2.05, 4.69) is 26.0 Å². The molecule has 0 spiro atoms. The van der Waals surface area contributed by atoms with Gasteiger partial charge in [0.05, 0.1) is 5.56 Å². The van der Waals surface area contributed by atoms with Crippen LogP contribution < -0.4 is 0 Å². The first-order valence-electron chi connectivity index (χ1n) is 8.52. The highest BCUT2D eigenvalue weighted by molar-refractivity contribution is 5.89. The molecule has 0 aromatic heterocycles. The van der Waals surface area contributed by atoms with Gasteiger partial charge in [-0.05, 0) is 54.2 Å². The molecule has 3 fully saturated rings. The van der Waals surface area contributed by atoms with Gasteiger partial charge >= 0.3 is 5.97 Å². The molecule has 2 heteroatoms. The van der Waals surface area contributed by atoms with Crippen LogP contribution in [0, 0.1) is 35.0 Å². The summed E-state index contributed by atoms with van der Waals surface area (Å²) in [5.41, 5.74) is 0.815. The van der Waals surface area contributed by atoms with E-state index in [0.29, 0.717) is 22.8 Å². The Bertz CT molecular complexity index is 674. The minimum Gasteiger partial charge on any atom is -0.451 e. The van der Waals surface area contributed by atoms with Crippen LogP contribution in [-0.4, -0.2) is 11.6 Å². The van der Waals surface area contributed by atoms with E-state index >= 15 is 0 Å². The molecule has 4 aliphatic rings. The Morgan fingerprint density at radius 3 is 2.68 bits per heavy atom. The maximum Gasteiger partial charge on any atom is 0.339 e. The van der Waals surface area contributed by atoms with E-state index in [0.717, 1.165) is 24.2 Å². The van der Waals surface area contributed by atoms with E-state index in [1.165, 1.54) is 6.42 Å². The lowest BCUT2D eigenvalue weighted by Gasteiger charge is -2.37. The summed E-state index contributed by atoms with van der Waals surface area (Å²) < 4.78 is 6.21. The average molecular weight is 294 g/mol. The Morgan fingerprint density at radius 2 is 1.91 bits per heavy atom. The molecule has 0 amide bonds. The highest BCUT2D eigenvalue weighted by Crippen LogP contribution is 2.81. The van der Waals surface area contributed by atoms with Crippen molar-refractivity contribution >= 4 is 5.97 Å². The number of ether oxygens (including phenoxy) is 1. The minimum atomic E-state index is -0.313. The monoisotopic (exact) mass is 294 g/mol. The van der Waals surface area contributed by atoms with E-state index in [4.69, 9.17) is 4.74 Å². The van der Waals surface area contributed by atoms with Gasteiger partial charge in [0.25, 0.3) is 0 Å². The van der Waals surface area contributed by atoms with E-state index < -0.39 is 0 Å². The quantitative estimate of drug-likeness (QED) is 0.607. The highest BCUT2D eigenvalue weighted by atomic mass is 16.6. The molecule has 5 rings (SSSR count). The second-order valence-corrected chi connectivity index (χ2v) is 8.23. The second kappa shape index (κ2) is 3.84. The third-order valence-corrected chi connectivity index (χ3v) is 7.14. The summed E-state index contributed by atoms with van der Waals surface area (Å²) in [6.07, 6.45) is 6.83. The SMILES string of the molecule is CC1(C)[C@@H]2[C@@H]3C[C@H]([C@@H]21)[C@]1(OC(=O)c2ccccc2)C=CC[C@H]31. The number of carbonyl (C=O) groups is 1. The standard InChI is InChI=1S/C20H22O2/c1-19(2)16-13-11-15(17(16)19)20(10-6-9-14(13)20)22-18(21)12-7-4-3-5-8-12/h3-8,10,13-17H,9,11H2,1-2H3/t13-,14-,15-,16-,17+,20+/m1/s1. The largest absolute Gasteiger partial charge is 0.451 e. The van der Waals surface area contributed by atoms with Gasteiger partial charge in [0.15, 0.2) is 0 Å². The molecule has 0 N–H and O–H groups in total. The molecule has 2 nitrogen and oxygen atoms in total. The number of fused-ring (bicyclic) bond motifs is 8. The van der Waals surface area contributed by atoms with Gasteiger partial charge in [-0.2, -0.15) is 0 Å². The molecule has 114 valence electrons. The predicted octanol–water partition coefficient (Wildman–Crippen LogP) is 4.08. The van der Waals surface area contributed by atoms with Gasteiger partial charge in [0.1, 0.15) is 5.60 Å². The molecule has 0 saturated heterocycles. The Balaban J connectivity index is 1.49. The van der Waals surface area contributed by atoms with Gasteiger partial charge < -0.3 is 4.74 Å². The summed E-state index contributed by atoms with van der Waals surface area (Å²) in [6.45, 7) is 4.80. The van der Waals surface area contributed by atoms with Gasteiger partial charge in [-0.1, -0.05) is 38.1 Å². The molecule has 6 atom stereocenters. The van der Waals surface area contributed by atoms with Crippen LogP contribution in [0.1, 0.15) is 37.0 Å². The Morgan fingerprint density at radius 1 is 1.14 bits per heavy atom. The van der Waals surface area contributed by atoms with Gasteiger partial charge in [-0.15, -0.1) is 0 Å². The Hall–Kier alpha value is -1.57. The van der Waals surface area contributed by atoms with E-state index in [1.807, 2.05) is 30.3 Å². The summed E-state index contributed by atoms with van der Waals surface area (Å²) in [5.74, 6) is 3.27. The van der Waals surface area contributed by atoms with Crippen LogP contribution in [0.5, 0.6) is 0 Å². The van der Waals surface area contributed by atoms with Gasteiger partial charge in [-0.25, -0.2) is 4.79 Å². The second-order valence-electron chi connectivity index (χ2n) is 8.23. The molecule has 0 radical (unpaired) electrons. The van der Waals surface area contributed by atoms with Crippen LogP contribution in [0.4, 0.5) is 0 Å². The van der Waals surface area contributed by atoms with Crippen molar-refractivity contribution in [2.45, 2.75) is 32.3 Å². The van der Waals surface area contributed by atoms with Crippen molar-refractivity contribution in [1.82, 2.24) is 0 Å². The lowest BCUT2D eigenvalue weighted by Crippen LogP contribution is -2.44. The van der Waals surface area contributed by atoms with Crippen molar-refractivity contribution in [1.29, 1.82) is 0 Å². The average Bonchev–Trinajstić information content (AvgIpc) is 2.93. The van der Waals surface area contributed by atoms with Crippen molar-refractivity contribution in [3.8, 4) is 0 Å². The lowest BCUT2D eigenvalue weighted by atomic mass is 9.77. The number of benzene rings is 1. The van der Waals surface area contributed by atoms with Crippen molar-refractivity contribution in [2.24, 2.45) is 35.0 Å². The molecule has 1 aromatic carbocycles. The van der Waals surface area contributed by atoms with E-state index in [-0.39, 0.29) is 11.6 Å². The first kappa shape index (κ1) is 12.9. The summed E-state index contributed by atoms with van der Waals surface area (Å²) in [4.78, 5) is 12.6. The number of hydrogen-bond acceptors (Lipinski definition) is 2. The number of allylic oxidation sites excluding steroid dienone is 1. The maximum absolute atomic E-state index is 12.6. The van der Waals surface area contributed by atoms with Crippen LogP contribution in [0.3, 0.4) is 0 Å². The fourth-order valence-corrected chi connectivity index (χ4v) is 6.36. The van der Waals surface area contributed by atoms with Gasteiger partial charge in [-0.3, -0.25) is 0 Å². The molecular formula is C20H22O2. The fourth-order valence-electron chi connectivity index (χ4n) is 6.36. The summed E-state index contributed by atoms with van der Waals surface area (Å²) in [7, 11) is 0. The zero-order chi connectivity index (χ0) is 15.1. The third-order valence-electron chi connectivity index (χ3n) is 7.14. The molecule has 4 aliphatic carbocycles. The lowest BCUT2D eigenvalue weighted by molar-refractivity contribution is -0.0459. The summed E-state index contributed by atoms with van der Waals surface area (Å²) in [5, 5.41) is 0. The first-order chi connectivity index (χ1) is 10.6. The maximum atomic E-state index is 12.6. The van der Waals surface area contributed by atoms with Crippen LogP contribution in [0.15, 0.2) is 42.5 Å². The Labute approximate surface area is 131 Å². The van der Waals surface area contributed by atoms with Crippen LogP contribution in [0.25, 0.3) is 0 Å². The fraction of sp³-hybridized carbons (Fsp3) is 0.550.